The molecule has 3 N–H and O–H groups in total. The highest BCUT2D eigenvalue weighted by atomic mass is 19.1. The number of ether oxygens (including phenoxy) is 3. The van der Waals surface area contributed by atoms with Crippen LogP contribution in [-0.4, -0.2) is 111 Å². The van der Waals surface area contributed by atoms with Crippen molar-refractivity contribution < 1.29 is 52.2 Å². The minimum Gasteiger partial charge on any atom is -0.460 e. The largest absolute Gasteiger partial charge is 0.460 e. The lowest BCUT2D eigenvalue weighted by Gasteiger charge is -2.35. The number of hydrogen-bond donors (Lipinski definition) is 3. The van der Waals surface area contributed by atoms with Gasteiger partial charge in [-0.05, 0) is 159 Å². The smallest absolute Gasteiger partial charge is 0.410 e. The lowest BCUT2D eigenvalue weighted by Crippen LogP contribution is -2.53. The number of allylic oxidation sites excluding steroid dienone is 1. The third-order valence-corrected chi connectivity index (χ3v) is 16.2. The van der Waals surface area contributed by atoms with Crippen LogP contribution in [0, 0.1) is 18.7 Å². The number of unbranched alkanes of at least 4 members (excludes halogenated alkanes) is 3. The van der Waals surface area contributed by atoms with Crippen molar-refractivity contribution in [2.75, 3.05) is 26.7 Å². The van der Waals surface area contributed by atoms with Gasteiger partial charge in [-0.15, -0.1) is 0 Å². The highest BCUT2D eigenvalue weighted by Gasteiger charge is 2.40. The van der Waals surface area contributed by atoms with E-state index in [2.05, 4.69) is 16.0 Å². The maximum Gasteiger partial charge on any atom is 0.410 e. The van der Waals surface area contributed by atoms with Crippen LogP contribution in [0.2, 0.25) is 0 Å². The van der Waals surface area contributed by atoms with Crippen molar-refractivity contribution in [3.63, 3.8) is 0 Å². The van der Waals surface area contributed by atoms with Gasteiger partial charge in [-0.25, -0.2) is 14.2 Å². The number of esters is 1. The highest BCUT2D eigenvalue weighted by molar-refractivity contribution is 6.12. The molecule has 79 heavy (non-hydrogen) atoms. The van der Waals surface area contributed by atoms with Gasteiger partial charge in [0.15, 0.2) is 0 Å². The molecule has 0 fully saturated rings. The summed E-state index contributed by atoms with van der Waals surface area (Å²) in [6.45, 7) is 14.5. The Balaban J connectivity index is 0.858. The zero-order valence-corrected chi connectivity index (χ0v) is 47.2. The van der Waals surface area contributed by atoms with Crippen molar-refractivity contribution >= 4 is 52.5 Å². The molecule has 5 aliphatic rings. The molecule has 8 rings (SSSR count). The summed E-state index contributed by atoms with van der Waals surface area (Å²) in [5.74, 6) is -3.06. The van der Waals surface area contributed by atoms with Crippen LogP contribution < -0.4 is 21.5 Å². The molecule has 0 bridgehead atoms. The predicted molar refractivity (Wildman–Crippen MR) is 294 cm³/mol. The number of nitrogens with zero attached hydrogens (tertiary/aromatic N) is 4. The predicted octanol–water partition coefficient (Wildman–Crippen LogP) is 7.95. The first-order valence-corrected chi connectivity index (χ1v) is 28.3. The summed E-state index contributed by atoms with van der Waals surface area (Å²) in [6, 6.07) is 1.97. The monoisotopic (exact) mass is 1090 g/mol. The van der Waals surface area contributed by atoms with E-state index in [4.69, 9.17) is 19.2 Å². The lowest BCUT2D eigenvalue weighted by molar-refractivity contribution is -0.148. The molecule has 2 aliphatic carbocycles. The molecular weight excluding hydrogens is 1010 g/mol. The summed E-state index contributed by atoms with van der Waals surface area (Å²) in [5.41, 5.74) is 4.24. The molecule has 19 heteroatoms. The second kappa shape index (κ2) is 24.7. The maximum atomic E-state index is 15.6. The van der Waals surface area contributed by atoms with Crippen molar-refractivity contribution in [2.24, 2.45) is 5.92 Å². The molecule has 5 heterocycles. The number of carbonyl (C=O) groups is 7. The molecule has 0 saturated heterocycles. The van der Waals surface area contributed by atoms with E-state index in [1.807, 2.05) is 59.8 Å². The van der Waals surface area contributed by atoms with Gasteiger partial charge in [0.05, 0.1) is 46.6 Å². The number of pyridine rings is 2. The number of aromatic nitrogens is 2. The van der Waals surface area contributed by atoms with E-state index in [1.54, 1.807) is 23.4 Å². The zero-order valence-electron chi connectivity index (χ0n) is 47.2. The molecule has 6 amide bonds. The molecule has 0 radical (unpaired) electrons. The number of cyclic esters (lactones) is 1. The van der Waals surface area contributed by atoms with Gasteiger partial charge in [-0.1, -0.05) is 19.4 Å². The first-order valence-electron chi connectivity index (χ1n) is 28.3. The van der Waals surface area contributed by atoms with E-state index in [-0.39, 0.29) is 84.5 Å². The van der Waals surface area contributed by atoms with Gasteiger partial charge < -0.3 is 39.6 Å². The summed E-state index contributed by atoms with van der Waals surface area (Å²) in [6.07, 6.45) is 12.5. The number of aryl methyl sites for hydroxylation is 1. The Labute approximate surface area is 461 Å². The topological polar surface area (TPSA) is 225 Å². The van der Waals surface area contributed by atoms with Crippen LogP contribution in [0.1, 0.15) is 177 Å². The summed E-state index contributed by atoms with van der Waals surface area (Å²) in [5, 5.41) is 9.88. The number of halogens is 1. The fourth-order valence-electron chi connectivity index (χ4n) is 11.6. The Morgan fingerprint density at radius 2 is 1.70 bits per heavy atom. The second-order valence-electron chi connectivity index (χ2n) is 23.5. The highest BCUT2D eigenvalue weighted by Crippen LogP contribution is 2.47. The van der Waals surface area contributed by atoms with E-state index in [1.165, 1.54) is 23.1 Å². The summed E-state index contributed by atoms with van der Waals surface area (Å²) < 4.78 is 34.7. The Kier molecular flexibility index (Phi) is 18.3. The van der Waals surface area contributed by atoms with Crippen molar-refractivity contribution in [3.8, 4) is 11.4 Å². The van der Waals surface area contributed by atoms with Gasteiger partial charge >= 0.3 is 12.1 Å². The van der Waals surface area contributed by atoms with E-state index >= 15 is 4.39 Å². The third kappa shape index (κ3) is 13.5. The van der Waals surface area contributed by atoms with Crippen molar-refractivity contribution in [2.45, 2.75) is 193 Å². The van der Waals surface area contributed by atoms with E-state index < -0.39 is 35.7 Å². The SMILES string of the molecule is CCC1C(=O)OCc2c1cc1n(c2=O)Cc2c-1nc1cc(F)c(C)c3c1c2C(N(C)C(=O)OC1/C=C/CCC(C(=O)NCCCCC(NC(=O)CCCCCN2C(=O)C=CC2=O)C(=O)NC(C)(C)CCOC(C)(C)C)CC1)CC3. The minimum absolute atomic E-state index is 0.109. The quantitative estimate of drug-likeness (QED) is 0.0313. The molecule has 0 spiro atoms. The van der Waals surface area contributed by atoms with Crippen LogP contribution in [0.15, 0.2) is 41.2 Å². The Bertz CT molecular complexity index is 2990. The first-order chi connectivity index (χ1) is 37.5. The number of rotatable bonds is 21. The zero-order chi connectivity index (χ0) is 56.9. The molecule has 426 valence electrons. The fourth-order valence-corrected chi connectivity index (χ4v) is 11.6. The third-order valence-electron chi connectivity index (χ3n) is 16.2. The molecule has 0 saturated carbocycles. The van der Waals surface area contributed by atoms with E-state index in [0.29, 0.717) is 137 Å². The molecule has 5 unspecified atom stereocenters. The number of hydrogen-bond acceptors (Lipinski definition) is 12. The van der Waals surface area contributed by atoms with Crippen LogP contribution in [0.4, 0.5) is 9.18 Å². The van der Waals surface area contributed by atoms with Gasteiger partial charge in [0, 0.05) is 73.8 Å². The van der Waals surface area contributed by atoms with Crippen LogP contribution in [0.25, 0.3) is 22.3 Å². The van der Waals surface area contributed by atoms with Crippen molar-refractivity contribution in [1.29, 1.82) is 0 Å². The number of benzene rings is 1. The molecule has 1 aromatic carbocycles. The average Bonchev–Trinajstić information content (AvgIpc) is 4.19. The minimum atomic E-state index is -0.811. The van der Waals surface area contributed by atoms with Crippen LogP contribution in [0.3, 0.4) is 0 Å². The van der Waals surface area contributed by atoms with Crippen LogP contribution >= 0.6 is 0 Å². The summed E-state index contributed by atoms with van der Waals surface area (Å²) >= 11 is 0. The van der Waals surface area contributed by atoms with Gasteiger partial charge in [-0.2, -0.15) is 0 Å². The standard InChI is InChI=1S/C60H78FN7O11/c1-9-38-40-31-47-53-41(33-68(47)56(74)42(40)34-77-57(38)75)52-46(24-23-39-35(2)43(61)32-45(64-53)51(39)52)66(8)58(76)79-37-18-13-12-17-36(21-22-37)54(72)62-28-15-14-19-44(55(73)65-60(6,7)27-30-78-59(3,4)5)63-48(69)20-11-10-16-29-67-49(70)25-26-50(67)71/h13,18,25-26,31-32,36-38,44,46H,9-12,14-17,19-24,27-30,33-34H2,1-8H3,(H,62,72)(H,63,69)(H,65,73)/b18-13+. The van der Waals surface area contributed by atoms with Crippen LogP contribution in [-0.2, 0) is 62.6 Å². The molecule has 5 atom stereocenters. The maximum absolute atomic E-state index is 15.6. The summed E-state index contributed by atoms with van der Waals surface area (Å²) in [4.78, 5) is 113. The first kappa shape index (κ1) is 58.4. The molecule has 3 aromatic rings. The molecule has 18 nitrogen and oxygen atoms in total. The van der Waals surface area contributed by atoms with Crippen LogP contribution in [0.5, 0.6) is 0 Å². The van der Waals surface area contributed by atoms with E-state index in [9.17, 15) is 38.4 Å². The Morgan fingerprint density at radius 3 is 2.43 bits per heavy atom. The normalized spacial score (nSPS) is 20.4. The lowest BCUT2D eigenvalue weighted by atomic mass is 9.81. The van der Waals surface area contributed by atoms with Gasteiger partial charge in [0.1, 0.15) is 24.6 Å². The number of nitrogens with one attached hydrogen (secondary N) is 3. The number of carbonyl (C=O) groups excluding carboxylic acids is 7. The fraction of sp³-hybridized carbons (Fsp3) is 0.583. The van der Waals surface area contributed by atoms with Gasteiger partial charge in [0.2, 0.25) is 17.7 Å². The molecule has 2 aromatic heterocycles. The Morgan fingerprint density at radius 1 is 0.937 bits per heavy atom. The van der Waals surface area contributed by atoms with Crippen molar-refractivity contribution in [3.05, 3.63) is 86.0 Å². The molecular formula is C60H78FN7O11. The number of fused-ring (bicyclic) bond motifs is 5. The van der Waals surface area contributed by atoms with Gasteiger partial charge in [0.25, 0.3) is 17.4 Å². The van der Waals surface area contributed by atoms with Crippen molar-refractivity contribution in [1.82, 2.24) is 35.3 Å². The molecule has 3 aliphatic heterocycles. The number of amides is 6. The summed E-state index contributed by atoms with van der Waals surface area (Å²) in [7, 11) is 1.69. The van der Waals surface area contributed by atoms with Gasteiger partial charge in [-0.3, -0.25) is 38.5 Å². The van der Waals surface area contributed by atoms with E-state index in [0.717, 1.165) is 22.1 Å². The number of imide groups is 1. The second-order valence-corrected chi connectivity index (χ2v) is 23.5. The average molecular weight is 1090 g/mol. The Hall–Kier alpha value is -6.76.